The van der Waals surface area contributed by atoms with Gasteiger partial charge in [0.1, 0.15) is 11.5 Å². The van der Waals surface area contributed by atoms with Crippen LogP contribution >= 0.6 is 0 Å². The maximum atomic E-state index is 12.8. The van der Waals surface area contributed by atoms with E-state index in [9.17, 15) is 13.2 Å². The van der Waals surface area contributed by atoms with Crippen LogP contribution in [0.2, 0.25) is 0 Å². The maximum absolute atomic E-state index is 12.8. The summed E-state index contributed by atoms with van der Waals surface area (Å²) in [7, 11) is -1.94. The molecule has 0 saturated carbocycles. The number of carbonyl (C=O) groups is 1. The van der Waals surface area contributed by atoms with Crippen LogP contribution in [0.3, 0.4) is 0 Å². The summed E-state index contributed by atoms with van der Waals surface area (Å²) in [5.74, 6) is 1.22. The van der Waals surface area contributed by atoms with E-state index in [4.69, 9.17) is 4.42 Å². The highest BCUT2D eigenvalue weighted by atomic mass is 32.2. The third kappa shape index (κ3) is 4.16. The maximum Gasteiger partial charge on any atom is 0.254 e. The number of carbonyl (C=O) groups excluding carboxylic acids is 1. The fourth-order valence-corrected chi connectivity index (χ4v) is 4.27. The summed E-state index contributed by atoms with van der Waals surface area (Å²) in [6, 6.07) is 8.36. The number of rotatable bonds is 7. The van der Waals surface area contributed by atoms with Gasteiger partial charge in [0, 0.05) is 25.7 Å². The van der Waals surface area contributed by atoms with Gasteiger partial charge in [0.25, 0.3) is 5.91 Å². The SMILES string of the molecule is CCN(CC)S(=O)(=O)c1ccc(C)c(C(=O)N(C)Cc2ccc(C)o2)c1. The highest BCUT2D eigenvalue weighted by Gasteiger charge is 2.24. The van der Waals surface area contributed by atoms with Gasteiger partial charge < -0.3 is 9.32 Å². The molecule has 1 amide bonds. The molecule has 1 aromatic heterocycles. The zero-order valence-corrected chi connectivity index (χ0v) is 16.8. The molecule has 26 heavy (non-hydrogen) atoms. The summed E-state index contributed by atoms with van der Waals surface area (Å²) in [6.45, 7) is 8.31. The minimum Gasteiger partial charge on any atom is -0.464 e. The van der Waals surface area contributed by atoms with Crippen molar-refractivity contribution in [1.29, 1.82) is 0 Å². The molecule has 0 aliphatic carbocycles. The summed E-state index contributed by atoms with van der Waals surface area (Å²) in [6.07, 6.45) is 0. The van der Waals surface area contributed by atoms with Gasteiger partial charge in [-0.05, 0) is 43.7 Å². The molecular formula is C19H26N2O4S. The Balaban J connectivity index is 2.32. The van der Waals surface area contributed by atoms with Crippen LogP contribution in [0.15, 0.2) is 39.6 Å². The first-order valence-electron chi connectivity index (χ1n) is 8.62. The van der Waals surface area contributed by atoms with Gasteiger partial charge >= 0.3 is 0 Å². The van der Waals surface area contributed by atoms with E-state index in [1.54, 1.807) is 40.0 Å². The minimum atomic E-state index is -3.61. The highest BCUT2D eigenvalue weighted by Crippen LogP contribution is 2.21. The van der Waals surface area contributed by atoms with Crippen molar-refractivity contribution in [3.63, 3.8) is 0 Å². The summed E-state index contributed by atoms with van der Waals surface area (Å²) in [5.41, 5.74) is 1.11. The van der Waals surface area contributed by atoms with Crippen molar-refractivity contribution in [2.45, 2.75) is 39.1 Å². The Bertz CT molecular complexity index is 883. The first-order chi connectivity index (χ1) is 12.2. The molecule has 2 rings (SSSR count). The molecule has 1 heterocycles. The number of nitrogens with zero attached hydrogens (tertiary/aromatic N) is 2. The van der Waals surface area contributed by atoms with Crippen molar-refractivity contribution in [2.75, 3.05) is 20.1 Å². The average molecular weight is 378 g/mol. The Morgan fingerprint density at radius 2 is 1.73 bits per heavy atom. The van der Waals surface area contributed by atoms with Crippen LogP contribution in [0.25, 0.3) is 0 Å². The molecule has 0 spiro atoms. The summed E-state index contributed by atoms with van der Waals surface area (Å²) in [5, 5.41) is 0. The summed E-state index contributed by atoms with van der Waals surface area (Å²) < 4.78 is 32.3. The lowest BCUT2D eigenvalue weighted by Gasteiger charge is -2.21. The normalized spacial score (nSPS) is 11.8. The van der Waals surface area contributed by atoms with Crippen molar-refractivity contribution < 1.29 is 17.6 Å². The number of aryl methyl sites for hydroxylation is 2. The first-order valence-corrected chi connectivity index (χ1v) is 10.1. The van der Waals surface area contributed by atoms with E-state index < -0.39 is 10.0 Å². The van der Waals surface area contributed by atoms with Crippen molar-refractivity contribution in [1.82, 2.24) is 9.21 Å². The monoisotopic (exact) mass is 378 g/mol. The van der Waals surface area contributed by atoms with Crippen LogP contribution in [0.5, 0.6) is 0 Å². The topological polar surface area (TPSA) is 70.8 Å². The molecule has 6 nitrogen and oxygen atoms in total. The fourth-order valence-electron chi connectivity index (χ4n) is 2.79. The van der Waals surface area contributed by atoms with Crippen molar-refractivity contribution in [3.8, 4) is 0 Å². The third-order valence-electron chi connectivity index (χ3n) is 4.32. The van der Waals surface area contributed by atoms with E-state index >= 15 is 0 Å². The minimum absolute atomic E-state index is 0.136. The van der Waals surface area contributed by atoms with Crippen LogP contribution in [0, 0.1) is 13.8 Å². The number of amides is 1. The van der Waals surface area contributed by atoms with Gasteiger partial charge in [0.05, 0.1) is 11.4 Å². The Morgan fingerprint density at radius 1 is 1.08 bits per heavy atom. The molecule has 0 aliphatic rings. The largest absolute Gasteiger partial charge is 0.464 e. The van der Waals surface area contributed by atoms with Crippen molar-refractivity contribution in [3.05, 3.63) is 53.0 Å². The second-order valence-electron chi connectivity index (χ2n) is 6.24. The Kier molecular flexibility index (Phi) is 6.26. The lowest BCUT2D eigenvalue weighted by atomic mass is 10.1. The fraction of sp³-hybridized carbons (Fsp3) is 0.421. The van der Waals surface area contributed by atoms with Crippen LogP contribution in [-0.2, 0) is 16.6 Å². The Hall–Kier alpha value is -2.12. The molecule has 0 N–H and O–H groups in total. The second-order valence-corrected chi connectivity index (χ2v) is 8.18. The van der Waals surface area contributed by atoms with Gasteiger partial charge in [-0.15, -0.1) is 0 Å². The van der Waals surface area contributed by atoms with Crippen LogP contribution in [0.4, 0.5) is 0 Å². The molecule has 0 atom stereocenters. The summed E-state index contributed by atoms with van der Waals surface area (Å²) >= 11 is 0. The van der Waals surface area contributed by atoms with Crippen molar-refractivity contribution in [2.24, 2.45) is 0 Å². The number of benzene rings is 1. The van der Waals surface area contributed by atoms with Crippen LogP contribution in [0.1, 0.15) is 41.3 Å². The second kappa shape index (κ2) is 8.05. The molecule has 0 radical (unpaired) electrons. The van der Waals surface area contributed by atoms with E-state index in [2.05, 4.69) is 0 Å². The van der Waals surface area contributed by atoms with Gasteiger partial charge in [0.2, 0.25) is 10.0 Å². The Morgan fingerprint density at radius 3 is 2.27 bits per heavy atom. The molecule has 0 saturated heterocycles. The molecule has 2 aromatic rings. The lowest BCUT2D eigenvalue weighted by molar-refractivity contribution is 0.0774. The molecule has 0 fully saturated rings. The van der Waals surface area contributed by atoms with E-state index in [0.717, 1.165) is 11.3 Å². The predicted octanol–water partition coefficient (Wildman–Crippen LogP) is 3.20. The van der Waals surface area contributed by atoms with E-state index in [-0.39, 0.29) is 10.8 Å². The Labute approximate surface area is 155 Å². The van der Waals surface area contributed by atoms with Gasteiger partial charge in [0.15, 0.2) is 0 Å². The quantitative estimate of drug-likeness (QED) is 0.742. The number of furan rings is 1. The van der Waals surface area contributed by atoms with Crippen LogP contribution in [-0.4, -0.2) is 43.7 Å². The van der Waals surface area contributed by atoms with E-state index in [1.807, 2.05) is 19.1 Å². The number of hydrogen-bond acceptors (Lipinski definition) is 4. The first kappa shape index (κ1) is 20.2. The van der Waals surface area contributed by atoms with Gasteiger partial charge in [-0.1, -0.05) is 19.9 Å². The zero-order valence-electron chi connectivity index (χ0n) is 15.9. The standard InChI is InChI=1S/C19H26N2O4S/c1-6-21(7-2)26(23,24)17-11-8-14(3)18(12-17)19(22)20(5)13-16-10-9-15(4)25-16/h8-12H,6-7,13H2,1-5H3. The van der Waals surface area contributed by atoms with Crippen molar-refractivity contribution >= 4 is 15.9 Å². The predicted molar refractivity (Wildman–Crippen MR) is 101 cm³/mol. The zero-order chi connectivity index (χ0) is 19.5. The number of hydrogen-bond donors (Lipinski definition) is 0. The highest BCUT2D eigenvalue weighted by molar-refractivity contribution is 7.89. The summed E-state index contributed by atoms with van der Waals surface area (Å²) in [4.78, 5) is 14.5. The molecule has 142 valence electrons. The smallest absolute Gasteiger partial charge is 0.254 e. The lowest BCUT2D eigenvalue weighted by Crippen LogP contribution is -2.31. The van der Waals surface area contributed by atoms with Gasteiger partial charge in [-0.25, -0.2) is 8.42 Å². The molecule has 7 heteroatoms. The molecule has 0 aliphatic heterocycles. The molecule has 0 bridgehead atoms. The van der Waals surface area contributed by atoms with E-state index in [1.165, 1.54) is 15.3 Å². The molecule has 0 unspecified atom stereocenters. The average Bonchev–Trinajstić information content (AvgIpc) is 3.00. The van der Waals surface area contributed by atoms with Crippen LogP contribution < -0.4 is 0 Å². The van der Waals surface area contributed by atoms with E-state index in [0.29, 0.717) is 31.0 Å². The number of sulfonamides is 1. The third-order valence-corrected chi connectivity index (χ3v) is 6.36. The van der Waals surface area contributed by atoms with Gasteiger partial charge in [-0.3, -0.25) is 4.79 Å². The van der Waals surface area contributed by atoms with Gasteiger partial charge in [-0.2, -0.15) is 4.31 Å². The molecular weight excluding hydrogens is 352 g/mol. The molecule has 1 aromatic carbocycles.